The second-order valence-corrected chi connectivity index (χ2v) is 6.72. The number of rotatable bonds is 3. The number of piperidine rings is 1. The highest BCUT2D eigenvalue weighted by atomic mass is 16.6. The molecule has 0 aliphatic carbocycles. The van der Waals surface area contributed by atoms with E-state index >= 15 is 0 Å². The van der Waals surface area contributed by atoms with Crippen molar-refractivity contribution in [2.45, 2.75) is 57.5 Å². The first-order valence-electron chi connectivity index (χ1n) is 7.62. The van der Waals surface area contributed by atoms with Gasteiger partial charge in [-0.1, -0.05) is 5.11 Å². The Hall–Kier alpha value is -1.50. The maximum atomic E-state index is 12.2. The van der Waals surface area contributed by atoms with Crippen molar-refractivity contribution in [1.29, 1.82) is 0 Å². The predicted molar refractivity (Wildman–Crippen MR) is 79.5 cm³/mol. The minimum Gasteiger partial charge on any atom is -0.444 e. The van der Waals surface area contributed by atoms with Gasteiger partial charge in [0.15, 0.2) is 0 Å². The van der Waals surface area contributed by atoms with Gasteiger partial charge < -0.3 is 19.1 Å². The lowest BCUT2D eigenvalue weighted by Crippen LogP contribution is -2.50. The van der Waals surface area contributed by atoms with E-state index in [1.807, 2.05) is 20.8 Å². The topological polar surface area (TPSA) is 96.8 Å². The van der Waals surface area contributed by atoms with Crippen molar-refractivity contribution in [1.82, 2.24) is 4.90 Å². The van der Waals surface area contributed by atoms with Gasteiger partial charge in [-0.15, -0.1) is 0 Å². The van der Waals surface area contributed by atoms with Gasteiger partial charge in [-0.2, -0.15) is 0 Å². The molecular formula is C14H24N4O4. The van der Waals surface area contributed by atoms with Crippen LogP contribution in [0.3, 0.4) is 0 Å². The van der Waals surface area contributed by atoms with Crippen molar-refractivity contribution in [3.05, 3.63) is 10.4 Å². The molecular weight excluding hydrogens is 288 g/mol. The molecule has 0 aromatic rings. The molecule has 0 bridgehead atoms. The lowest BCUT2D eigenvalue weighted by molar-refractivity contribution is -0.0577. The fourth-order valence-corrected chi connectivity index (χ4v) is 2.65. The maximum absolute atomic E-state index is 12.2. The van der Waals surface area contributed by atoms with Crippen molar-refractivity contribution in [2.24, 2.45) is 5.11 Å². The molecule has 1 amide bonds. The zero-order valence-electron chi connectivity index (χ0n) is 13.4. The average Bonchev–Trinajstić information content (AvgIpc) is 2.89. The van der Waals surface area contributed by atoms with Gasteiger partial charge in [-0.3, -0.25) is 0 Å². The van der Waals surface area contributed by atoms with Crippen molar-refractivity contribution in [3.8, 4) is 0 Å². The summed E-state index contributed by atoms with van der Waals surface area (Å²) in [5.41, 5.74) is 8.11. The van der Waals surface area contributed by atoms with E-state index in [9.17, 15) is 4.79 Å². The number of carbonyl (C=O) groups excluding carboxylic acids is 1. The Labute approximate surface area is 130 Å². The van der Waals surface area contributed by atoms with Gasteiger partial charge in [-0.25, -0.2) is 4.79 Å². The van der Waals surface area contributed by atoms with Gasteiger partial charge in [0.05, 0.1) is 31.4 Å². The Morgan fingerprint density at radius 3 is 2.73 bits per heavy atom. The molecule has 2 aliphatic rings. The van der Waals surface area contributed by atoms with Crippen LogP contribution in [0.5, 0.6) is 0 Å². The van der Waals surface area contributed by atoms with Gasteiger partial charge in [0.2, 0.25) is 0 Å². The highest BCUT2D eigenvalue weighted by Gasteiger charge is 2.34. The van der Waals surface area contributed by atoms with Gasteiger partial charge in [0.1, 0.15) is 5.60 Å². The van der Waals surface area contributed by atoms with E-state index in [2.05, 4.69) is 10.0 Å². The third kappa shape index (κ3) is 5.05. The normalized spacial score (nSPS) is 29.0. The first kappa shape index (κ1) is 16.9. The summed E-state index contributed by atoms with van der Waals surface area (Å²) in [5, 5.41) is 3.76. The molecule has 2 fully saturated rings. The molecule has 2 saturated heterocycles. The Bertz CT molecular complexity index is 439. The number of hydrogen-bond donors (Lipinski definition) is 0. The van der Waals surface area contributed by atoms with Gasteiger partial charge in [-0.05, 0) is 39.1 Å². The van der Waals surface area contributed by atoms with E-state index in [1.54, 1.807) is 4.90 Å². The van der Waals surface area contributed by atoms with Crippen molar-refractivity contribution < 1.29 is 19.0 Å². The van der Waals surface area contributed by atoms with Crippen LogP contribution in [-0.2, 0) is 14.2 Å². The summed E-state index contributed by atoms with van der Waals surface area (Å²) < 4.78 is 16.7. The number of likely N-dealkylation sites (tertiary alicyclic amines) is 1. The molecule has 8 nitrogen and oxygen atoms in total. The number of carbonyl (C=O) groups is 1. The van der Waals surface area contributed by atoms with Crippen LogP contribution in [0.2, 0.25) is 0 Å². The lowest BCUT2D eigenvalue weighted by Gasteiger charge is -2.37. The Morgan fingerprint density at radius 1 is 1.36 bits per heavy atom. The maximum Gasteiger partial charge on any atom is 0.410 e. The number of hydrogen-bond acceptors (Lipinski definition) is 5. The van der Waals surface area contributed by atoms with Crippen LogP contribution in [0.4, 0.5) is 4.79 Å². The Kier molecular flexibility index (Phi) is 5.50. The van der Waals surface area contributed by atoms with Gasteiger partial charge >= 0.3 is 6.09 Å². The minimum absolute atomic E-state index is 0.0512. The first-order valence-corrected chi connectivity index (χ1v) is 7.62. The molecule has 0 saturated carbocycles. The molecule has 2 heterocycles. The molecule has 2 rings (SSSR count). The summed E-state index contributed by atoms with van der Waals surface area (Å²) in [6.45, 7) is 7.56. The van der Waals surface area contributed by atoms with Crippen LogP contribution in [0, 0.1) is 0 Å². The third-order valence-corrected chi connectivity index (χ3v) is 3.53. The molecule has 1 unspecified atom stereocenters. The van der Waals surface area contributed by atoms with Crippen molar-refractivity contribution in [3.63, 3.8) is 0 Å². The molecule has 0 radical (unpaired) electrons. The number of azide groups is 1. The largest absolute Gasteiger partial charge is 0.444 e. The summed E-state index contributed by atoms with van der Waals surface area (Å²) in [6.07, 6.45) is 0.954. The lowest BCUT2D eigenvalue weighted by atomic mass is 10.0. The highest BCUT2D eigenvalue weighted by Crippen LogP contribution is 2.22. The minimum atomic E-state index is -0.557. The summed E-state index contributed by atoms with van der Waals surface area (Å²) in [6, 6.07) is -0.293. The Balaban J connectivity index is 1.99. The quantitative estimate of drug-likeness (QED) is 0.454. The van der Waals surface area contributed by atoms with Crippen LogP contribution >= 0.6 is 0 Å². The SMILES string of the molecule is CC(C)(C)OC(=O)N1CC(N=[N+]=[N-])C[C@@H](O[C@@H]2CCOC2)C1. The fourth-order valence-electron chi connectivity index (χ4n) is 2.65. The second kappa shape index (κ2) is 7.17. The zero-order valence-corrected chi connectivity index (χ0v) is 13.4. The molecule has 8 heteroatoms. The van der Waals surface area contributed by atoms with Crippen LogP contribution in [0.1, 0.15) is 33.6 Å². The van der Waals surface area contributed by atoms with E-state index in [0.717, 1.165) is 6.42 Å². The number of ether oxygens (including phenoxy) is 3. The van der Waals surface area contributed by atoms with E-state index in [0.29, 0.717) is 32.7 Å². The van der Waals surface area contributed by atoms with Crippen LogP contribution in [-0.4, -0.2) is 61.1 Å². The Morgan fingerprint density at radius 2 is 2.14 bits per heavy atom. The molecule has 0 spiro atoms. The molecule has 124 valence electrons. The molecule has 22 heavy (non-hydrogen) atoms. The zero-order chi connectivity index (χ0) is 16.2. The van der Waals surface area contributed by atoms with Crippen LogP contribution < -0.4 is 0 Å². The van der Waals surface area contributed by atoms with E-state index in [-0.39, 0.29) is 18.2 Å². The van der Waals surface area contributed by atoms with Crippen LogP contribution in [0.15, 0.2) is 5.11 Å². The molecule has 0 aromatic heterocycles. The van der Waals surface area contributed by atoms with Gasteiger partial charge in [0.25, 0.3) is 0 Å². The standard InChI is InChI=1S/C14H24N4O4/c1-14(2,3)22-13(19)18-7-10(16-17-15)6-12(8-18)21-11-4-5-20-9-11/h10-12H,4-9H2,1-3H3/t10?,11-,12-/m1/s1. The van der Waals surface area contributed by atoms with E-state index in [1.165, 1.54) is 0 Å². The summed E-state index contributed by atoms with van der Waals surface area (Å²) in [7, 11) is 0. The molecule has 0 N–H and O–H groups in total. The molecule has 0 aromatic carbocycles. The molecule has 2 aliphatic heterocycles. The predicted octanol–water partition coefficient (Wildman–Crippen LogP) is 2.48. The van der Waals surface area contributed by atoms with E-state index in [4.69, 9.17) is 19.7 Å². The summed E-state index contributed by atoms with van der Waals surface area (Å²) >= 11 is 0. The third-order valence-electron chi connectivity index (χ3n) is 3.53. The number of nitrogens with zero attached hydrogens (tertiary/aromatic N) is 4. The van der Waals surface area contributed by atoms with Crippen LogP contribution in [0.25, 0.3) is 10.4 Å². The molecule has 3 atom stereocenters. The summed E-state index contributed by atoms with van der Waals surface area (Å²) in [5.74, 6) is 0. The monoisotopic (exact) mass is 312 g/mol. The van der Waals surface area contributed by atoms with E-state index < -0.39 is 11.7 Å². The second-order valence-electron chi connectivity index (χ2n) is 6.72. The average molecular weight is 312 g/mol. The first-order chi connectivity index (χ1) is 10.4. The smallest absolute Gasteiger partial charge is 0.410 e. The highest BCUT2D eigenvalue weighted by molar-refractivity contribution is 5.68. The number of amides is 1. The van der Waals surface area contributed by atoms with Crippen molar-refractivity contribution >= 4 is 6.09 Å². The summed E-state index contributed by atoms with van der Waals surface area (Å²) in [4.78, 5) is 16.7. The van der Waals surface area contributed by atoms with Crippen molar-refractivity contribution in [2.75, 3.05) is 26.3 Å². The fraction of sp³-hybridized carbons (Fsp3) is 0.929. The van der Waals surface area contributed by atoms with Gasteiger partial charge in [0, 0.05) is 18.1 Å².